The van der Waals surface area contributed by atoms with Crippen LogP contribution in [0.5, 0.6) is 0 Å². The van der Waals surface area contributed by atoms with E-state index in [4.69, 9.17) is 5.11 Å². The zero-order chi connectivity index (χ0) is 14.2. The average Bonchev–Trinajstić information content (AvgIpc) is 2.74. The molecule has 2 fully saturated rings. The van der Waals surface area contributed by atoms with Crippen LogP contribution in [0, 0.1) is 5.92 Å². The molecule has 7 nitrogen and oxygen atoms in total. The van der Waals surface area contributed by atoms with Crippen LogP contribution in [0.25, 0.3) is 0 Å². The minimum atomic E-state index is -0.864. The maximum Gasteiger partial charge on any atom is 0.320 e. The predicted molar refractivity (Wildman–Crippen MR) is 66.5 cm³/mol. The van der Waals surface area contributed by atoms with E-state index in [1.165, 1.54) is 4.90 Å². The number of carbonyl (C=O) groups is 3. The van der Waals surface area contributed by atoms with Crippen LogP contribution in [0.15, 0.2) is 0 Å². The summed E-state index contributed by atoms with van der Waals surface area (Å²) in [7, 11) is 1.71. The van der Waals surface area contributed by atoms with Crippen LogP contribution in [0.1, 0.15) is 13.3 Å². The van der Waals surface area contributed by atoms with E-state index in [1.807, 2.05) is 0 Å². The first-order valence-electron chi connectivity index (χ1n) is 6.44. The second-order valence-corrected chi connectivity index (χ2v) is 5.19. The van der Waals surface area contributed by atoms with Gasteiger partial charge in [0, 0.05) is 32.7 Å². The Bertz CT molecular complexity index is 412. The smallest absolute Gasteiger partial charge is 0.320 e. The number of amides is 3. The van der Waals surface area contributed by atoms with Crippen molar-refractivity contribution in [3.05, 3.63) is 0 Å². The molecule has 2 aliphatic rings. The summed E-state index contributed by atoms with van der Waals surface area (Å²) in [4.78, 5) is 39.6. The summed E-state index contributed by atoms with van der Waals surface area (Å²) in [6.45, 7) is 3.30. The summed E-state index contributed by atoms with van der Waals surface area (Å²) in [6, 6.07) is -0.544. The number of carboxylic acids is 1. The Morgan fingerprint density at radius 2 is 1.95 bits per heavy atom. The van der Waals surface area contributed by atoms with Crippen molar-refractivity contribution in [3.63, 3.8) is 0 Å². The fourth-order valence-electron chi connectivity index (χ4n) is 2.64. The van der Waals surface area contributed by atoms with E-state index in [1.54, 1.807) is 23.8 Å². The van der Waals surface area contributed by atoms with Crippen LogP contribution in [-0.2, 0) is 9.59 Å². The van der Waals surface area contributed by atoms with Crippen LogP contribution >= 0.6 is 0 Å². The fourth-order valence-corrected chi connectivity index (χ4v) is 2.64. The number of piperazine rings is 1. The van der Waals surface area contributed by atoms with Gasteiger partial charge in [-0.25, -0.2) is 4.79 Å². The molecule has 2 unspecified atom stereocenters. The van der Waals surface area contributed by atoms with Gasteiger partial charge in [-0.15, -0.1) is 0 Å². The van der Waals surface area contributed by atoms with Crippen molar-refractivity contribution in [1.82, 2.24) is 14.7 Å². The summed E-state index contributed by atoms with van der Waals surface area (Å²) in [6.07, 6.45) is 0.476. The number of carboxylic acid groups (broad SMARTS) is 1. The quantitative estimate of drug-likeness (QED) is 0.707. The molecule has 3 amide bonds. The Balaban J connectivity index is 2.01. The van der Waals surface area contributed by atoms with Crippen LogP contribution in [0.2, 0.25) is 0 Å². The number of likely N-dealkylation sites (tertiary alicyclic amines) is 1. The van der Waals surface area contributed by atoms with Crippen molar-refractivity contribution in [2.75, 3.05) is 33.2 Å². The monoisotopic (exact) mass is 269 g/mol. The Morgan fingerprint density at radius 3 is 2.47 bits per heavy atom. The molecule has 7 heteroatoms. The summed E-state index contributed by atoms with van der Waals surface area (Å²) < 4.78 is 0. The molecule has 1 N–H and O–H groups in total. The highest BCUT2D eigenvalue weighted by atomic mass is 16.4. The molecule has 19 heavy (non-hydrogen) atoms. The van der Waals surface area contributed by atoms with Gasteiger partial charge in [0.25, 0.3) is 0 Å². The largest absolute Gasteiger partial charge is 0.481 e. The number of carbonyl (C=O) groups excluding carboxylic acids is 2. The fraction of sp³-hybridized carbons (Fsp3) is 0.750. The van der Waals surface area contributed by atoms with Gasteiger partial charge < -0.3 is 19.8 Å². The van der Waals surface area contributed by atoms with Crippen LogP contribution in [-0.4, -0.2) is 77.0 Å². The van der Waals surface area contributed by atoms with Crippen molar-refractivity contribution >= 4 is 17.9 Å². The second kappa shape index (κ2) is 5.07. The van der Waals surface area contributed by atoms with E-state index in [0.29, 0.717) is 26.1 Å². The second-order valence-electron chi connectivity index (χ2n) is 5.19. The lowest BCUT2D eigenvalue weighted by molar-refractivity contribution is -0.142. The first kappa shape index (κ1) is 13.6. The molecule has 2 saturated heterocycles. The van der Waals surface area contributed by atoms with Gasteiger partial charge in [0.2, 0.25) is 5.91 Å². The minimum absolute atomic E-state index is 0.0797. The summed E-state index contributed by atoms with van der Waals surface area (Å²) in [5, 5.41) is 9.06. The molecule has 0 spiro atoms. The van der Waals surface area contributed by atoms with Gasteiger partial charge in [-0.05, 0) is 13.3 Å². The topological polar surface area (TPSA) is 81.2 Å². The van der Waals surface area contributed by atoms with Gasteiger partial charge >= 0.3 is 12.0 Å². The molecular weight excluding hydrogens is 250 g/mol. The van der Waals surface area contributed by atoms with Crippen molar-refractivity contribution in [2.45, 2.75) is 19.4 Å². The standard InChI is InChI=1S/C12H19N3O4/c1-8-9(11(17)18)3-4-15(8)12(19)14-6-5-13(2)10(16)7-14/h8-9H,3-7H2,1-2H3,(H,17,18). The maximum atomic E-state index is 12.3. The molecule has 0 aromatic carbocycles. The number of urea groups is 1. The number of aliphatic carboxylic acids is 1. The van der Waals surface area contributed by atoms with Crippen LogP contribution in [0.3, 0.4) is 0 Å². The van der Waals surface area contributed by atoms with Gasteiger partial charge in [-0.2, -0.15) is 0 Å². The van der Waals surface area contributed by atoms with E-state index in [0.717, 1.165) is 0 Å². The highest BCUT2D eigenvalue weighted by Crippen LogP contribution is 2.25. The maximum absolute atomic E-state index is 12.3. The summed E-state index contributed by atoms with van der Waals surface area (Å²) in [5.74, 6) is -1.45. The SMILES string of the molecule is CC1C(C(=O)O)CCN1C(=O)N1CCN(C)C(=O)C1. The third-order valence-electron chi connectivity index (χ3n) is 4.05. The Labute approximate surface area is 111 Å². The molecule has 0 aromatic rings. The lowest BCUT2D eigenvalue weighted by Gasteiger charge is -2.36. The zero-order valence-corrected chi connectivity index (χ0v) is 11.2. The van der Waals surface area contributed by atoms with E-state index in [-0.39, 0.29) is 24.5 Å². The van der Waals surface area contributed by atoms with Gasteiger partial charge in [0.1, 0.15) is 6.54 Å². The lowest BCUT2D eigenvalue weighted by atomic mass is 10.0. The molecular formula is C12H19N3O4. The Kier molecular flexibility index (Phi) is 3.64. The highest BCUT2D eigenvalue weighted by molar-refractivity contribution is 5.86. The molecule has 2 atom stereocenters. The first-order valence-corrected chi connectivity index (χ1v) is 6.44. The Morgan fingerprint density at radius 1 is 1.26 bits per heavy atom. The molecule has 0 radical (unpaired) electrons. The van der Waals surface area contributed by atoms with Crippen molar-refractivity contribution in [3.8, 4) is 0 Å². The van der Waals surface area contributed by atoms with E-state index < -0.39 is 11.9 Å². The molecule has 0 bridgehead atoms. The molecule has 0 aliphatic carbocycles. The molecule has 2 rings (SSSR count). The predicted octanol–water partition coefficient (Wildman–Crippen LogP) is -0.325. The van der Waals surface area contributed by atoms with Crippen molar-refractivity contribution in [2.24, 2.45) is 5.92 Å². The molecule has 2 aliphatic heterocycles. The number of rotatable bonds is 1. The molecule has 0 saturated carbocycles. The van der Waals surface area contributed by atoms with Gasteiger partial charge in [-0.1, -0.05) is 0 Å². The zero-order valence-electron chi connectivity index (χ0n) is 11.2. The summed E-state index contributed by atoms with van der Waals surface area (Å²) >= 11 is 0. The number of hydrogen-bond donors (Lipinski definition) is 1. The first-order chi connectivity index (χ1) is 8.91. The molecule has 0 aromatic heterocycles. The lowest BCUT2D eigenvalue weighted by Crippen LogP contribution is -2.55. The number of nitrogens with zero attached hydrogens (tertiary/aromatic N) is 3. The highest BCUT2D eigenvalue weighted by Gasteiger charge is 2.40. The minimum Gasteiger partial charge on any atom is -0.481 e. The Hall–Kier alpha value is -1.79. The van der Waals surface area contributed by atoms with Gasteiger partial charge in [0.15, 0.2) is 0 Å². The van der Waals surface area contributed by atoms with E-state index in [2.05, 4.69) is 0 Å². The molecule has 106 valence electrons. The van der Waals surface area contributed by atoms with E-state index >= 15 is 0 Å². The number of hydrogen-bond acceptors (Lipinski definition) is 3. The summed E-state index contributed by atoms with van der Waals surface area (Å²) in [5.41, 5.74) is 0. The van der Waals surface area contributed by atoms with E-state index in [9.17, 15) is 14.4 Å². The third kappa shape index (κ3) is 2.50. The van der Waals surface area contributed by atoms with Gasteiger partial charge in [0.05, 0.1) is 5.92 Å². The van der Waals surface area contributed by atoms with Crippen molar-refractivity contribution in [1.29, 1.82) is 0 Å². The van der Waals surface area contributed by atoms with Crippen molar-refractivity contribution < 1.29 is 19.5 Å². The average molecular weight is 269 g/mol. The van der Waals surface area contributed by atoms with Crippen LogP contribution in [0.4, 0.5) is 4.79 Å². The van der Waals surface area contributed by atoms with Crippen LogP contribution < -0.4 is 0 Å². The van der Waals surface area contributed by atoms with Gasteiger partial charge in [-0.3, -0.25) is 9.59 Å². The molecule has 2 heterocycles. The third-order valence-corrected chi connectivity index (χ3v) is 4.05. The number of likely N-dealkylation sites (N-methyl/N-ethyl adjacent to an activating group) is 1. The normalized spacial score (nSPS) is 27.9.